The lowest BCUT2D eigenvalue weighted by Gasteiger charge is -2.05. The van der Waals surface area contributed by atoms with Crippen LogP contribution in [0.5, 0.6) is 0 Å². The Kier molecular flexibility index (Phi) is 3.42. The van der Waals surface area contributed by atoms with Gasteiger partial charge in [0.2, 0.25) is 0 Å². The molecule has 0 amide bonds. The number of aromatic amines is 1. The maximum absolute atomic E-state index is 3.99. The van der Waals surface area contributed by atoms with Crippen molar-refractivity contribution >= 4 is 12.2 Å². The molecule has 3 rings (SSSR count). The van der Waals surface area contributed by atoms with Gasteiger partial charge in [-0.3, -0.25) is 0 Å². The van der Waals surface area contributed by atoms with Crippen molar-refractivity contribution in [3.8, 4) is 11.1 Å². The standard InChI is InChI=1S/C17H15N3/c1-13-4-2-3-5-17(13)15-9-6-14(7-10-15)8-11-16-12-18-20-19-16/h2-12H,1H3,(H,18,19,20)/b11-8+. The highest BCUT2D eigenvalue weighted by atomic mass is 15.3. The molecular weight excluding hydrogens is 246 g/mol. The second kappa shape index (κ2) is 5.53. The zero-order valence-electron chi connectivity index (χ0n) is 11.2. The Morgan fingerprint density at radius 3 is 2.45 bits per heavy atom. The zero-order chi connectivity index (χ0) is 13.8. The second-order valence-electron chi connectivity index (χ2n) is 4.67. The monoisotopic (exact) mass is 261 g/mol. The number of benzene rings is 2. The maximum atomic E-state index is 3.99. The molecule has 3 heteroatoms. The Labute approximate surface area is 118 Å². The number of nitrogens with one attached hydrogen (secondary N) is 1. The smallest absolute Gasteiger partial charge is 0.105 e. The number of aromatic nitrogens is 3. The summed E-state index contributed by atoms with van der Waals surface area (Å²) in [5, 5.41) is 10.3. The van der Waals surface area contributed by atoms with Crippen molar-refractivity contribution in [3.63, 3.8) is 0 Å². The van der Waals surface area contributed by atoms with E-state index in [-0.39, 0.29) is 0 Å². The van der Waals surface area contributed by atoms with Gasteiger partial charge in [-0.05, 0) is 35.3 Å². The van der Waals surface area contributed by atoms with E-state index in [4.69, 9.17) is 0 Å². The van der Waals surface area contributed by atoms with E-state index in [0.29, 0.717) is 0 Å². The van der Waals surface area contributed by atoms with E-state index < -0.39 is 0 Å². The van der Waals surface area contributed by atoms with Crippen LogP contribution < -0.4 is 0 Å². The number of aryl methyl sites for hydroxylation is 1. The van der Waals surface area contributed by atoms with Crippen molar-refractivity contribution in [2.24, 2.45) is 0 Å². The number of rotatable bonds is 3. The summed E-state index contributed by atoms with van der Waals surface area (Å²) < 4.78 is 0. The van der Waals surface area contributed by atoms with Crippen LogP contribution in [-0.2, 0) is 0 Å². The van der Waals surface area contributed by atoms with Gasteiger partial charge in [0.15, 0.2) is 0 Å². The Morgan fingerprint density at radius 1 is 0.950 bits per heavy atom. The predicted octanol–water partition coefficient (Wildman–Crippen LogP) is 3.95. The molecule has 0 radical (unpaired) electrons. The molecule has 98 valence electrons. The first-order valence-electron chi connectivity index (χ1n) is 6.53. The van der Waals surface area contributed by atoms with Gasteiger partial charge in [0.25, 0.3) is 0 Å². The van der Waals surface area contributed by atoms with Crippen LogP contribution in [0.25, 0.3) is 23.3 Å². The molecule has 0 saturated carbocycles. The summed E-state index contributed by atoms with van der Waals surface area (Å²) in [6.07, 6.45) is 5.66. The van der Waals surface area contributed by atoms with E-state index in [1.165, 1.54) is 16.7 Å². The van der Waals surface area contributed by atoms with Gasteiger partial charge < -0.3 is 0 Å². The topological polar surface area (TPSA) is 41.6 Å². The number of hydrogen-bond donors (Lipinski definition) is 1. The Bertz CT molecular complexity index is 710. The predicted molar refractivity (Wildman–Crippen MR) is 81.9 cm³/mol. The molecule has 0 aliphatic heterocycles. The van der Waals surface area contributed by atoms with Crippen molar-refractivity contribution in [3.05, 3.63) is 71.5 Å². The minimum Gasteiger partial charge on any atom is -0.197 e. The van der Waals surface area contributed by atoms with Crippen LogP contribution in [0.3, 0.4) is 0 Å². The van der Waals surface area contributed by atoms with Gasteiger partial charge in [-0.2, -0.15) is 15.4 Å². The van der Waals surface area contributed by atoms with Crippen molar-refractivity contribution in [2.75, 3.05) is 0 Å². The summed E-state index contributed by atoms with van der Waals surface area (Å²) in [7, 11) is 0. The molecule has 3 nitrogen and oxygen atoms in total. The van der Waals surface area contributed by atoms with Crippen LogP contribution in [0, 0.1) is 6.92 Å². The van der Waals surface area contributed by atoms with Crippen LogP contribution >= 0.6 is 0 Å². The summed E-state index contributed by atoms with van der Waals surface area (Å²) in [6, 6.07) is 16.9. The largest absolute Gasteiger partial charge is 0.197 e. The van der Waals surface area contributed by atoms with Gasteiger partial charge >= 0.3 is 0 Å². The summed E-state index contributed by atoms with van der Waals surface area (Å²) in [5.41, 5.74) is 5.78. The average molecular weight is 261 g/mol. The van der Waals surface area contributed by atoms with Gasteiger partial charge in [0.1, 0.15) is 5.69 Å². The normalized spacial score (nSPS) is 11.1. The van der Waals surface area contributed by atoms with E-state index in [1.54, 1.807) is 6.20 Å². The fourth-order valence-electron chi connectivity index (χ4n) is 2.14. The SMILES string of the molecule is Cc1ccccc1-c1ccc(/C=C/c2cn[nH]n2)cc1. The van der Waals surface area contributed by atoms with Gasteiger partial charge in [-0.25, -0.2) is 0 Å². The van der Waals surface area contributed by atoms with Gasteiger partial charge in [-0.1, -0.05) is 54.6 Å². The Balaban J connectivity index is 1.83. The minimum absolute atomic E-state index is 0.827. The molecular formula is C17H15N3. The number of H-pyrrole nitrogens is 1. The maximum Gasteiger partial charge on any atom is 0.105 e. The average Bonchev–Trinajstić information content (AvgIpc) is 3.00. The lowest BCUT2D eigenvalue weighted by Crippen LogP contribution is -1.82. The molecule has 0 saturated heterocycles. The first kappa shape index (κ1) is 12.4. The highest BCUT2D eigenvalue weighted by Gasteiger charge is 2.00. The van der Waals surface area contributed by atoms with Gasteiger partial charge in [-0.15, -0.1) is 0 Å². The fourth-order valence-corrected chi connectivity index (χ4v) is 2.14. The van der Waals surface area contributed by atoms with Crippen LogP contribution in [0.15, 0.2) is 54.7 Å². The van der Waals surface area contributed by atoms with Crippen molar-refractivity contribution in [1.82, 2.24) is 15.4 Å². The molecule has 0 unspecified atom stereocenters. The van der Waals surface area contributed by atoms with Crippen LogP contribution in [-0.4, -0.2) is 15.4 Å². The molecule has 1 heterocycles. The third-order valence-electron chi connectivity index (χ3n) is 3.25. The van der Waals surface area contributed by atoms with E-state index in [2.05, 4.69) is 70.9 Å². The fraction of sp³-hybridized carbons (Fsp3) is 0.0588. The van der Waals surface area contributed by atoms with E-state index in [1.807, 2.05) is 12.2 Å². The van der Waals surface area contributed by atoms with E-state index in [0.717, 1.165) is 11.3 Å². The summed E-state index contributed by atoms with van der Waals surface area (Å²) in [5.74, 6) is 0. The van der Waals surface area contributed by atoms with Crippen LogP contribution in [0.1, 0.15) is 16.8 Å². The third kappa shape index (κ3) is 2.67. The molecule has 0 aliphatic rings. The van der Waals surface area contributed by atoms with Crippen molar-refractivity contribution in [2.45, 2.75) is 6.92 Å². The Morgan fingerprint density at radius 2 is 1.75 bits per heavy atom. The molecule has 0 spiro atoms. The number of hydrogen-bond acceptors (Lipinski definition) is 2. The van der Waals surface area contributed by atoms with E-state index in [9.17, 15) is 0 Å². The van der Waals surface area contributed by atoms with Crippen molar-refractivity contribution < 1.29 is 0 Å². The lowest BCUT2D eigenvalue weighted by molar-refractivity contribution is 0.937. The summed E-state index contributed by atoms with van der Waals surface area (Å²) in [6.45, 7) is 2.13. The molecule has 0 atom stereocenters. The molecule has 20 heavy (non-hydrogen) atoms. The van der Waals surface area contributed by atoms with Crippen LogP contribution in [0.4, 0.5) is 0 Å². The first-order valence-corrected chi connectivity index (χ1v) is 6.53. The van der Waals surface area contributed by atoms with Crippen LogP contribution in [0.2, 0.25) is 0 Å². The molecule has 1 N–H and O–H groups in total. The van der Waals surface area contributed by atoms with Gasteiger partial charge in [0.05, 0.1) is 6.20 Å². The Hall–Kier alpha value is -2.68. The summed E-state index contributed by atoms with van der Waals surface area (Å²) in [4.78, 5) is 0. The molecule has 0 fully saturated rings. The molecule has 1 aromatic heterocycles. The van der Waals surface area contributed by atoms with Gasteiger partial charge in [0, 0.05) is 0 Å². The molecule has 0 bridgehead atoms. The zero-order valence-corrected chi connectivity index (χ0v) is 11.2. The lowest BCUT2D eigenvalue weighted by atomic mass is 9.99. The second-order valence-corrected chi connectivity index (χ2v) is 4.67. The highest BCUT2D eigenvalue weighted by molar-refractivity contribution is 5.72. The highest BCUT2D eigenvalue weighted by Crippen LogP contribution is 2.23. The first-order chi connectivity index (χ1) is 9.83. The quantitative estimate of drug-likeness (QED) is 0.775. The number of nitrogens with zero attached hydrogens (tertiary/aromatic N) is 2. The molecule has 2 aromatic carbocycles. The summed E-state index contributed by atoms with van der Waals surface area (Å²) >= 11 is 0. The minimum atomic E-state index is 0.827. The van der Waals surface area contributed by atoms with E-state index >= 15 is 0 Å². The molecule has 0 aliphatic carbocycles. The molecule has 3 aromatic rings. The third-order valence-corrected chi connectivity index (χ3v) is 3.25. The van der Waals surface area contributed by atoms with Crippen molar-refractivity contribution in [1.29, 1.82) is 0 Å².